The first-order valence-electron chi connectivity index (χ1n) is 9.32. The van der Waals surface area contributed by atoms with E-state index < -0.39 is 0 Å². The second kappa shape index (κ2) is 8.26. The molecular weight excluding hydrogens is 377 g/mol. The molecule has 0 unspecified atom stereocenters. The summed E-state index contributed by atoms with van der Waals surface area (Å²) >= 11 is 0. The monoisotopic (exact) mass is 397 g/mol. The van der Waals surface area contributed by atoms with Crippen molar-refractivity contribution in [3.8, 4) is 22.9 Å². The minimum absolute atomic E-state index is 0.0691. The Labute approximate surface area is 166 Å². The van der Waals surface area contributed by atoms with Crippen LogP contribution in [0, 0.1) is 5.82 Å². The first-order chi connectivity index (χ1) is 14.1. The number of carbonyl (C=O) groups excluding carboxylic acids is 1. The van der Waals surface area contributed by atoms with Gasteiger partial charge in [0.05, 0.1) is 6.54 Å². The van der Waals surface area contributed by atoms with E-state index in [1.807, 2.05) is 31.2 Å². The van der Waals surface area contributed by atoms with Gasteiger partial charge < -0.3 is 14.4 Å². The van der Waals surface area contributed by atoms with Gasteiger partial charge in [-0.25, -0.2) is 4.39 Å². The smallest absolute Gasteiger partial charge is 0.246 e. The van der Waals surface area contributed by atoms with Crippen LogP contribution in [0.5, 0.6) is 11.5 Å². The summed E-state index contributed by atoms with van der Waals surface area (Å²) < 4.78 is 25.0. The van der Waals surface area contributed by atoms with Crippen molar-refractivity contribution in [3.63, 3.8) is 0 Å². The summed E-state index contributed by atoms with van der Waals surface area (Å²) in [5.41, 5.74) is 0.502. The maximum absolute atomic E-state index is 13.4. The molecule has 1 atom stereocenters. The molecule has 0 aliphatic carbocycles. The topological polar surface area (TPSA) is 82.4 Å². The lowest BCUT2D eigenvalue weighted by Crippen LogP contribution is -2.44. The van der Waals surface area contributed by atoms with Crippen LogP contribution in [0.4, 0.5) is 4.39 Å². The third-order valence-corrected chi connectivity index (χ3v) is 4.54. The number of hydrogen-bond acceptors (Lipinski definition) is 6. The van der Waals surface area contributed by atoms with Crippen LogP contribution in [0.2, 0.25) is 0 Å². The Balaban J connectivity index is 1.38. The standard InChI is InChI=1S/C20H20FN5O3/c1-2-25(11-16-13-28-17-8-3-4-9-18(17)29-16)19(27)12-26-23-20(22-24-26)14-6-5-7-15(21)10-14/h3-10,16H,2,11-13H2,1H3/t16-/m1/s1. The molecule has 0 fully saturated rings. The van der Waals surface area contributed by atoms with Gasteiger partial charge in [0.25, 0.3) is 0 Å². The maximum atomic E-state index is 13.4. The highest BCUT2D eigenvalue weighted by atomic mass is 19.1. The predicted molar refractivity (Wildman–Crippen MR) is 102 cm³/mol. The summed E-state index contributed by atoms with van der Waals surface area (Å²) in [5.74, 6) is 1.09. The highest BCUT2D eigenvalue weighted by molar-refractivity contribution is 5.75. The fourth-order valence-electron chi connectivity index (χ4n) is 3.08. The molecule has 0 N–H and O–H groups in total. The van der Waals surface area contributed by atoms with Gasteiger partial charge in [0.2, 0.25) is 11.7 Å². The highest BCUT2D eigenvalue weighted by Gasteiger charge is 2.25. The average molecular weight is 397 g/mol. The molecule has 1 aliphatic heterocycles. The first-order valence-corrected chi connectivity index (χ1v) is 9.32. The number of fused-ring (bicyclic) bond motifs is 1. The van der Waals surface area contributed by atoms with Crippen molar-refractivity contribution < 1.29 is 18.7 Å². The Kier molecular flexibility index (Phi) is 5.37. The van der Waals surface area contributed by atoms with Gasteiger partial charge >= 0.3 is 0 Å². The second-order valence-electron chi connectivity index (χ2n) is 6.58. The van der Waals surface area contributed by atoms with Crippen molar-refractivity contribution in [3.05, 3.63) is 54.3 Å². The predicted octanol–water partition coefficient (Wildman–Crippen LogP) is 2.17. The lowest BCUT2D eigenvalue weighted by atomic mass is 10.2. The number of rotatable bonds is 6. The maximum Gasteiger partial charge on any atom is 0.246 e. The number of ether oxygens (including phenoxy) is 2. The molecule has 4 rings (SSSR count). The molecule has 2 heterocycles. The number of aromatic nitrogens is 4. The zero-order valence-electron chi connectivity index (χ0n) is 15.9. The zero-order valence-corrected chi connectivity index (χ0v) is 15.9. The number of para-hydroxylation sites is 2. The molecule has 29 heavy (non-hydrogen) atoms. The molecule has 8 nitrogen and oxygen atoms in total. The summed E-state index contributed by atoms with van der Waals surface area (Å²) in [6.07, 6.45) is -0.264. The first kappa shape index (κ1) is 18.9. The number of nitrogens with zero attached hydrogens (tertiary/aromatic N) is 5. The van der Waals surface area contributed by atoms with Crippen molar-refractivity contribution in [2.75, 3.05) is 19.7 Å². The SMILES string of the molecule is CCN(C[C@@H]1COc2ccccc2O1)C(=O)Cn1nnc(-c2cccc(F)c2)n1. The van der Waals surface area contributed by atoms with E-state index in [-0.39, 0.29) is 30.2 Å². The summed E-state index contributed by atoms with van der Waals surface area (Å²) in [7, 11) is 0. The van der Waals surface area contributed by atoms with Gasteiger partial charge in [-0.05, 0) is 36.4 Å². The van der Waals surface area contributed by atoms with Crippen LogP contribution in [0.3, 0.4) is 0 Å². The van der Waals surface area contributed by atoms with Crippen LogP contribution < -0.4 is 9.47 Å². The molecule has 0 bridgehead atoms. The van der Waals surface area contributed by atoms with Gasteiger partial charge in [0, 0.05) is 12.1 Å². The van der Waals surface area contributed by atoms with Gasteiger partial charge in [-0.1, -0.05) is 24.3 Å². The van der Waals surface area contributed by atoms with E-state index in [9.17, 15) is 9.18 Å². The number of benzene rings is 2. The third kappa shape index (κ3) is 4.34. The third-order valence-electron chi connectivity index (χ3n) is 4.54. The van der Waals surface area contributed by atoms with Gasteiger partial charge in [0.1, 0.15) is 19.0 Å². The Morgan fingerprint density at radius 3 is 2.86 bits per heavy atom. The van der Waals surface area contributed by atoms with E-state index in [0.717, 1.165) is 0 Å². The zero-order chi connectivity index (χ0) is 20.2. The Bertz CT molecular complexity index is 1010. The Morgan fingerprint density at radius 2 is 2.07 bits per heavy atom. The van der Waals surface area contributed by atoms with Gasteiger partial charge in [-0.3, -0.25) is 4.79 Å². The molecule has 1 aliphatic rings. The molecule has 2 aromatic carbocycles. The minimum Gasteiger partial charge on any atom is -0.486 e. The molecular formula is C20H20FN5O3. The molecule has 0 spiro atoms. The van der Waals surface area contributed by atoms with Crippen LogP contribution in [0.1, 0.15) is 6.92 Å². The molecule has 1 aromatic heterocycles. The van der Waals surface area contributed by atoms with E-state index in [1.54, 1.807) is 17.0 Å². The van der Waals surface area contributed by atoms with E-state index in [0.29, 0.717) is 36.8 Å². The number of hydrogen-bond donors (Lipinski definition) is 0. The molecule has 1 amide bonds. The van der Waals surface area contributed by atoms with E-state index in [1.165, 1.54) is 16.9 Å². The van der Waals surface area contributed by atoms with Crippen molar-refractivity contribution in [1.82, 2.24) is 25.1 Å². The lowest BCUT2D eigenvalue weighted by molar-refractivity contribution is -0.133. The fourth-order valence-corrected chi connectivity index (χ4v) is 3.08. The van der Waals surface area contributed by atoms with Crippen molar-refractivity contribution in [1.29, 1.82) is 0 Å². The molecule has 3 aromatic rings. The average Bonchev–Trinajstić information content (AvgIpc) is 3.20. The van der Waals surface area contributed by atoms with E-state index in [2.05, 4.69) is 15.4 Å². The number of amides is 1. The number of likely N-dealkylation sites (N-methyl/N-ethyl adjacent to an activating group) is 1. The van der Waals surface area contributed by atoms with E-state index >= 15 is 0 Å². The second-order valence-corrected chi connectivity index (χ2v) is 6.58. The van der Waals surface area contributed by atoms with Crippen LogP contribution in [-0.2, 0) is 11.3 Å². The fraction of sp³-hybridized carbons (Fsp3) is 0.300. The van der Waals surface area contributed by atoms with Crippen LogP contribution in [0.15, 0.2) is 48.5 Å². The van der Waals surface area contributed by atoms with Gasteiger partial charge in [0.15, 0.2) is 17.6 Å². The van der Waals surface area contributed by atoms with Crippen LogP contribution in [-0.4, -0.2) is 56.8 Å². The minimum atomic E-state index is -0.386. The molecule has 0 saturated heterocycles. The quantitative estimate of drug-likeness (QED) is 0.634. The Morgan fingerprint density at radius 1 is 1.24 bits per heavy atom. The largest absolute Gasteiger partial charge is 0.486 e. The van der Waals surface area contributed by atoms with Gasteiger partial charge in [-0.15, -0.1) is 10.2 Å². The van der Waals surface area contributed by atoms with Gasteiger partial charge in [-0.2, -0.15) is 4.80 Å². The lowest BCUT2D eigenvalue weighted by Gasteiger charge is -2.30. The van der Waals surface area contributed by atoms with Crippen LogP contribution >= 0.6 is 0 Å². The molecule has 150 valence electrons. The molecule has 0 radical (unpaired) electrons. The number of halogens is 1. The van der Waals surface area contributed by atoms with Crippen molar-refractivity contribution >= 4 is 5.91 Å². The summed E-state index contributed by atoms with van der Waals surface area (Å²) in [4.78, 5) is 15.6. The van der Waals surface area contributed by atoms with Crippen molar-refractivity contribution in [2.24, 2.45) is 0 Å². The number of tetrazole rings is 1. The molecule has 9 heteroatoms. The summed E-state index contributed by atoms with van der Waals surface area (Å²) in [6, 6.07) is 13.4. The normalized spacial score (nSPS) is 15.2. The van der Waals surface area contributed by atoms with Crippen molar-refractivity contribution in [2.45, 2.75) is 19.6 Å². The van der Waals surface area contributed by atoms with Crippen LogP contribution in [0.25, 0.3) is 11.4 Å². The number of carbonyl (C=O) groups is 1. The Hall–Kier alpha value is -3.49. The summed E-state index contributed by atoms with van der Waals surface area (Å²) in [6.45, 7) is 3.08. The highest BCUT2D eigenvalue weighted by Crippen LogP contribution is 2.31. The molecule has 0 saturated carbocycles. The summed E-state index contributed by atoms with van der Waals surface area (Å²) in [5, 5.41) is 12.0. The van der Waals surface area contributed by atoms with E-state index in [4.69, 9.17) is 9.47 Å².